The highest BCUT2D eigenvalue weighted by molar-refractivity contribution is 6.68. The predicted octanol–water partition coefficient (Wildman–Crippen LogP) is 4.04. The molecule has 0 saturated heterocycles. The zero-order chi connectivity index (χ0) is 20.2. The van der Waals surface area contributed by atoms with Gasteiger partial charge in [-0.05, 0) is 18.2 Å². The maximum Gasteiger partial charge on any atom is 0.282 e. The quantitative estimate of drug-likeness (QED) is 0.306. The first kappa shape index (κ1) is 20.7. The molecule has 0 radical (unpaired) electrons. The number of nitro benzene ring substituents is 2. The Morgan fingerprint density at radius 2 is 1.56 bits per heavy atom. The van der Waals surface area contributed by atoms with Crippen LogP contribution >= 0.6 is 34.8 Å². The zero-order valence-electron chi connectivity index (χ0n) is 13.3. The van der Waals surface area contributed by atoms with Crippen LogP contribution < -0.4 is 10.6 Å². The number of nitrogens with one attached hydrogen (secondary N) is 2. The molecule has 0 spiro atoms. The predicted molar refractivity (Wildman–Crippen MR) is 101 cm³/mol. The van der Waals surface area contributed by atoms with Crippen LogP contribution in [0.15, 0.2) is 48.5 Å². The summed E-state index contributed by atoms with van der Waals surface area (Å²) in [6.07, 6.45) is -1.28. The molecule has 1 amide bonds. The van der Waals surface area contributed by atoms with Gasteiger partial charge in [0.15, 0.2) is 0 Å². The molecule has 142 valence electrons. The van der Waals surface area contributed by atoms with Gasteiger partial charge in [-0.3, -0.25) is 25.0 Å². The first-order chi connectivity index (χ1) is 12.6. The lowest BCUT2D eigenvalue weighted by atomic mass is 10.1. The minimum absolute atomic E-state index is 0.144. The van der Waals surface area contributed by atoms with Gasteiger partial charge in [-0.2, -0.15) is 0 Å². The smallest absolute Gasteiger partial charge is 0.282 e. The Kier molecular flexibility index (Phi) is 6.42. The van der Waals surface area contributed by atoms with Crippen LogP contribution in [0.1, 0.15) is 10.4 Å². The SMILES string of the molecule is O=C(NC(Nc1ccc([N+](=O)[O-])cc1)C(Cl)(Cl)Cl)c1ccccc1[N+](=O)[O-]. The zero-order valence-corrected chi connectivity index (χ0v) is 15.5. The highest BCUT2D eigenvalue weighted by Crippen LogP contribution is 2.32. The summed E-state index contributed by atoms with van der Waals surface area (Å²) in [5.41, 5.74) is -0.449. The number of carbonyl (C=O) groups excluding carboxylic acids is 1. The standard InChI is InChI=1S/C15H11Cl3N4O5/c16-15(17,18)14(19-9-5-7-10(8-6-9)21(24)25)20-13(23)11-3-1-2-4-12(11)22(26)27/h1-8,14,19H,(H,20,23). The summed E-state index contributed by atoms with van der Waals surface area (Å²) in [6, 6.07) is 10.5. The third kappa shape index (κ3) is 5.43. The second kappa shape index (κ2) is 8.38. The molecule has 0 heterocycles. The number of nitrogens with zero attached hydrogens (tertiary/aromatic N) is 2. The Morgan fingerprint density at radius 3 is 2.07 bits per heavy atom. The number of anilines is 1. The summed E-state index contributed by atoms with van der Waals surface area (Å²) in [4.78, 5) is 32.9. The summed E-state index contributed by atoms with van der Waals surface area (Å²) in [6.45, 7) is 0. The van der Waals surface area contributed by atoms with Gasteiger partial charge >= 0.3 is 0 Å². The Morgan fingerprint density at radius 1 is 0.963 bits per heavy atom. The van der Waals surface area contributed by atoms with E-state index in [0.29, 0.717) is 5.69 Å². The Bertz CT molecular complexity index is 871. The highest BCUT2D eigenvalue weighted by Gasteiger charge is 2.35. The number of nitro groups is 2. The number of alkyl halides is 3. The van der Waals surface area contributed by atoms with Crippen molar-refractivity contribution in [3.63, 3.8) is 0 Å². The lowest BCUT2D eigenvalue weighted by Gasteiger charge is -2.27. The van der Waals surface area contributed by atoms with Crippen LogP contribution in [0.4, 0.5) is 17.1 Å². The van der Waals surface area contributed by atoms with Crippen molar-refractivity contribution < 1.29 is 14.6 Å². The fraction of sp³-hybridized carbons (Fsp3) is 0.133. The normalized spacial score (nSPS) is 12.1. The topological polar surface area (TPSA) is 127 Å². The van der Waals surface area contributed by atoms with Crippen molar-refractivity contribution in [2.75, 3.05) is 5.32 Å². The number of benzene rings is 2. The van der Waals surface area contributed by atoms with E-state index in [1.165, 1.54) is 48.5 Å². The van der Waals surface area contributed by atoms with E-state index in [-0.39, 0.29) is 11.3 Å². The van der Waals surface area contributed by atoms with Gasteiger partial charge in [0.1, 0.15) is 11.7 Å². The summed E-state index contributed by atoms with van der Waals surface area (Å²) in [7, 11) is 0. The molecule has 9 nitrogen and oxygen atoms in total. The molecule has 27 heavy (non-hydrogen) atoms. The van der Waals surface area contributed by atoms with Gasteiger partial charge < -0.3 is 10.6 Å². The molecule has 2 rings (SSSR count). The molecule has 12 heteroatoms. The first-order valence-electron chi connectivity index (χ1n) is 7.21. The van der Waals surface area contributed by atoms with Gasteiger partial charge in [-0.1, -0.05) is 46.9 Å². The van der Waals surface area contributed by atoms with E-state index in [9.17, 15) is 25.0 Å². The first-order valence-corrected chi connectivity index (χ1v) is 8.35. The number of halogens is 3. The fourth-order valence-electron chi connectivity index (χ4n) is 2.08. The van der Waals surface area contributed by atoms with Crippen molar-refractivity contribution in [3.05, 3.63) is 74.3 Å². The molecule has 0 fully saturated rings. The number of hydrogen-bond donors (Lipinski definition) is 2. The van der Waals surface area contributed by atoms with Crippen molar-refractivity contribution >= 4 is 57.8 Å². The molecule has 0 saturated carbocycles. The van der Waals surface area contributed by atoms with E-state index < -0.39 is 31.4 Å². The monoisotopic (exact) mass is 432 g/mol. The second-order valence-corrected chi connectivity index (χ2v) is 7.54. The molecule has 2 aromatic carbocycles. The van der Waals surface area contributed by atoms with Gasteiger partial charge in [-0.25, -0.2) is 0 Å². The Labute approximate surface area is 167 Å². The number of hydrogen-bond acceptors (Lipinski definition) is 6. The van der Waals surface area contributed by atoms with Crippen molar-refractivity contribution in [1.29, 1.82) is 0 Å². The van der Waals surface area contributed by atoms with Crippen LogP contribution in [0, 0.1) is 20.2 Å². The van der Waals surface area contributed by atoms with E-state index in [1.807, 2.05) is 0 Å². The number of carbonyl (C=O) groups is 1. The molecule has 0 bridgehead atoms. The Balaban J connectivity index is 2.24. The minimum Gasteiger partial charge on any atom is -0.362 e. The van der Waals surface area contributed by atoms with E-state index in [1.54, 1.807) is 0 Å². The van der Waals surface area contributed by atoms with E-state index in [0.717, 1.165) is 0 Å². The molecular weight excluding hydrogens is 423 g/mol. The third-order valence-corrected chi connectivity index (χ3v) is 3.99. The van der Waals surface area contributed by atoms with E-state index in [4.69, 9.17) is 34.8 Å². The summed E-state index contributed by atoms with van der Waals surface area (Å²) < 4.78 is -2.03. The molecule has 1 unspecified atom stereocenters. The van der Waals surface area contributed by atoms with Crippen LogP contribution in [-0.4, -0.2) is 25.7 Å². The third-order valence-electron chi connectivity index (χ3n) is 3.34. The molecule has 0 aliphatic carbocycles. The maximum absolute atomic E-state index is 12.4. The van der Waals surface area contributed by atoms with Gasteiger partial charge in [0.25, 0.3) is 17.3 Å². The van der Waals surface area contributed by atoms with Gasteiger partial charge in [-0.15, -0.1) is 0 Å². The lowest BCUT2D eigenvalue weighted by molar-refractivity contribution is -0.385. The number of para-hydroxylation sites is 1. The lowest BCUT2D eigenvalue weighted by Crippen LogP contribution is -2.49. The number of amides is 1. The summed E-state index contributed by atoms with van der Waals surface area (Å²) in [5.74, 6) is -0.840. The van der Waals surface area contributed by atoms with Crippen molar-refractivity contribution in [2.45, 2.75) is 9.96 Å². The van der Waals surface area contributed by atoms with Crippen LogP contribution in [-0.2, 0) is 0 Å². The van der Waals surface area contributed by atoms with Gasteiger partial charge in [0.05, 0.1) is 9.85 Å². The van der Waals surface area contributed by atoms with Crippen molar-refractivity contribution in [2.24, 2.45) is 0 Å². The van der Waals surface area contributed by atoms with Crippen LogP contribution in [0.5, 0.6) is 0 Å². The minimum atomic E-state index is -2.03. The molecule has 2 aromatic rings. The van der Waals surface area contributed by atoms with Crippen molar-refractivity contribution in [1.82, 2.24) is 5.32 Å². The van der Waals surface area contributed by atoms with E-state index >= 15 is 0 Å². The van der Waals surface area contributed by atoms with Crippen LogP contribution in [0.3, 0.4) is 0 Å². The number of rotatable bonds is 6. The molecule has 1 atom stereocenters. The molecule has 0 aliphatic rings. The Hall–Kier alpha value is -2.62. The maximum atomic E-state index is 12.4. The largest absolute Gasteiger partial charge is 0.362 e. The summed E-state index contributed by atoms with van der Waals surface area (Å²) in [5, 5.41) is 26.8. The second-order valence-electron chi connectivity index (χ2n) is 5.17. The molecule has 0 aliphatic heterocycles. The number of non-ortho nitro benzene ring substituents is 1. The van der Waals surface area contributed by atoms with Crippen molar-refractivity contribution in [3.8, 4) is 0 Å². The highest BCUT2D eigenvalue weighted by atomic mass is 35.6. The molecular formula is C15H11Cl3N4O5. The van der Waals surface area contributed by atoms with Gasteiger partial charge in [0.2, 0.25) is 3.79 Å². The van der Waals surface area contributed by atoms with Gasteiger partial charge in [0, 0.05) is 23.9 Å². The molecule has 0 aromatic heterocycles. The van der Waals surface area contributed by atoms with Crippen LogP contribution in [0.25, 0.3) is 0 Å². The van der Waals surface area contributed by atoms with Crippen LogP contribution in [0.2, 0.25) is 0 Å². The molecule has 2 N–H and O–H groups in total. The average molecular weight is 434 g/mol. The fourth-order valence-corrected chi connectivity index (χ4v) is 2.41. The van der Waals surface area contributed by atoms with E-state index in [2.05, 4.69) is 10.6 Å². The average Bonchev–Trinajstić information content (AvgIpc) is 2.60. The summed E-state index contributed by atoms with van der Waals surface area (Å²) >= 11 is 17.6.